The number of ketones is 1. The van der Waals surface area contributed by atoms with Crippen LogP contribution in [0.3, 0.4) is 0 Å². The molecule has 4 aromatic carbocycles. The lowest BCUT2D eigenvalue weighted by atomic mass is 9.77. The van der Waals surface area contributed by atoms with E-state index in [0.29, 0.717) is 86.0 Å². The molecule has 262 valence electrons. The van der Waals surface area contributed by atoms with Crippen LogP contribution in [0.5, 0.6) is 51.7 Å². The number of rotatable bonds is 11. The van der Waals surface area contributed by atoms with E-state index in [1.54, 1.807) is 63.8 Å². The first-order valence-corrected chi connectivity index (χ1v) is 15.8. The molecule has 0 spiro atoms. The molecule has 0 bridgehead atoms. The average molecular weight is 685 g/mol. The maximum Gasteiger partial charge on any atom is 0.190 e. The number of hydrogen-bond acceptors (Lipinski definition) is 11. The average Bonchev–Trinajstić information content (AvgIpc) is 3.15. The third kappa shape index (κ3) is 5.77. The highest BCUT2D eigenvalue weighted by atomic mass is 16.5. The standard InChI is InChI=1S/C39H40O11/c1-20-13-25-28(45-5)18-31(48-8)34(39(25)50-37(20)21-9-11-26(43-3)29(15-21)46-6)35-33-23(19-40)14-24(42-2)17-32(33)49-38(36(35)41)22-10-12-27(44-4)30(16-22)47-7/h9-12,14-18,35,37-38,40H,1,13,19H2,2-8H3/t35-,37+,38-/m1/s1. The number of ether oxygens (including phenoxy) is 9. The van der Waals surface area contributed by atoms with Crippen molar-refractivity contribution in [2.24, 2.45) is 0 Å². The zero-order chi connectivity index (χ0) is 35.7. The maximum atomic E-state index is 15.0. The highest BCUT2D eigenvalue weighted by Gasteiger charge is 2.45. The molecule has 0 saturated carbocycles. The molecule has 2 heterocycles. The Hall–Kier alpha value is -5.55. The Bertz CT molecular complexity index is 1950. The smallest absolute Gasteiger partial charge is 0.190 e. The van der Waals surface area contributed by atoms with Gasteiger partial charge in [0, 0.05) is 40.8 Å². The molecule has 11 nitrogen and oxygen atoms in total. The minimum atomic E-state index is -1.09. The summed E-state index contributed by atoms with van der Waals surface area (Å²) < 4.78 is 52.8. The first-order chi connectivity index (χ1) is 24.2. The van der Waals surface area contributed by atoms with Crippen molar-refractivity contribution in [3.05, 3.63) is 100 Å². The van der Waals surface area contributed by atoms with Gasteiger partial charge in [-0.15, -0.1) is 0 Å². The summed E-state index contributed by atoms with van der Waals surface area (Å²) in [5.41, 5.74) is 4.16. The van der Waals surface area contributed by atoms with E-state index in [1.165, 1.54) is 28.4 Å². The third-order valence-electron chi connectivity index (χ3n) is 9.19. The van der Waals surface area contributed by atoms with E-state index in [2.05, 4.69) is 6.58 Å². The molecule has 50 heavy (non-hydrogen) atoms. The van der Waals surface area contributed by atoms with E-state index in [-0.39, 0.29) is 12.4 Å². The fraction of sp³-hybridized carbons (Fsp3) is 0.308. The highest BCUT2D eigenvalue weighted by Crippen LogP contribution is 2.56. The second-order valence-electron chi connectivity index (χ2n) is 11.8. The topological polar surface area (TPSA) is 120 Å². The normalized spacial score (nSPS) is 17.8. The lowest BCUT2D eigenvalue weighted by Gasteiger charge is -2.37. The summed E-state index contributed by atoms with van der Waals surface area (Å²) in [6.45, 7) is 3.98. The van der Waals surface area contributed by atoms with Gasteiger partial charge in [-0.25, -0.2) is 0 Å². The number of Topliss-reactive ketones (excluding diaryl/α,β-unsaturated/α-hetero) is 1. The van der Waals surface area contributed by atoms with Crippen molar-refractivity contribution in [1.82, 2.24) is 0 Å². The van der Waals surface area contributed by atoms with Crippen molar-refractivity contribution in [2.45, 2.75) is 31.2 Å². The van der Waals surface area contributed by atoms with Gasteiger partial charge in [-0.3, -0.25) is 4.79 Å². The fourth-order valence-corrected chi connectivity index (χ4v) is 6.78. The van der Waals surface area contributed by atoms with Crippen molar-refractivity contribution in [1.29, 1.82) is 0 Å². The molecule has 4 aromatic rings. The van der Waals surface area contributed by atoms with Gasteiger partial charge in [0.2, 0.25) is 0 Å². The molecule has 3 atom stereocenters. The Morgan fingerprint density at radius 2 is 1.24 bits per heavy atom. The van der Waals surface area contributed by atoms with Crippen LogP contribution in [-0.4, -0.2) is 60.7 Å². The van der Waals surface area contributed by atoms with Gasteiger partial charge < -0.3 is 47.7 Å². The largest absolute Gasteiger partial charge is 0.497 e. The highest BCUT2D eigenvalue weighted by molar-refractivity contribution is 5.98. The number of hydrogen-bond donors (Lipinski definition) is 1. The van der Waals surface area contributed by atoms with Gasteiger partial charge in [-0.2, -0.15) is 0 Å². The fourth-order valence-electron chi connectivity index (χ4n) is 6.78. The van der Waals surface area contributed by atoms with Crippen molar-refractivity contribution in [3.8, 4) is 51.7 Å². The first-order valence-electron chi connectivity index (χ1n) is 15.8. The van der Waals surface area contributed by atoms with Crippen molar-refractivity contribution < 1.29 is 52.5 Å². The molecule has 0 saturated heterocycles. The van der Waals surface area contributed by atoms with E-state index in [4.69, 9.17) is 42.6 Å². The Labute approximate surface area is 290 Å². The second-order valence-corrected chi connectivity index (χ2v) is 11.8. The van der Waals surface area contributed by atoms with Crippen LogP contribution in [-0.2, 0) is 17.8 Å². The van der Waals surface area contributed by atoms with Gasteiger partial charge in [0.05, 0.1) is 67.9 Å². The Morgan fingerprint density at radius 3 is 1.78 bits per heavy atom. The van der Waals surface area contributed by atoms with Crippen LogP contribution in [0, 0.1) is 0 Å². The summed E-state index contributed by atoms with van der Waals surface area (Å²) in [5, 5.41) is 10.7. The van der Waals surface area contributed by atoms with Gasteiger partial charge in [-0.05, 0) is 41.5 Å². The van der Waals surface area contributed by atoms with Gasteiger partial charge in [0.1, 0.15) is 34.9 Å². The number of carbonyl (C=O) groups excluding carboxylic acids is 1. The van der Waals surface area contributed by atoms with E-state index in [9.17, 15) is 5.11 Å². The van der Waals surface area contributed by atoms with E-state index < -0.39 is 18.1 Å². The molecule has 6 rings (SSSR count). The summed E-state index contributed by atoms with van der Waals surface area (Å²) >= 11 is 0. The summed E-state index contributed by atoms with van der Waals surface area (Å²) in [6, 6.07) is 15.9. The van der Waals surface area contributed by atoms with Crippen LogP contribution < -0.4 is 42.6 Å². The Morgan fingerprint density at radius 1 is 0.660 bits per heavy atom. The molecule has 0 unspecified atom stereocenters. The minimum absolute atomic E-state index is 0.314. The van der Waals surface area contributed by atoms with Crippen LogP contribution in [0.2, 0.25) is 0 Å². The summed E-state index contributed by atoms with van der Waals surface area (Å²) in [6.07, 6.45) is -1.33. The molecule has 0 aromatic heterocycles. The molecule has 0 aliphatic carbocycles. The summed E-state index contributed by atoms with van der Waals surface area (Å²) in [5.74, 6) is 2.80. The number of aliphatic hydroxyl groups excluding tert-OH is 1. The van der Waals surface area contributed by atoms with Crippen LogP contribution in [0.1, 0.15) is 51.5 Å². The maximum absolute atomic E-state index is 15.0. The monoisotopic (exact) mass is 684 g/mol. The third-order valence-corrected chi connectivity index (χ3v) is 9.19. The van der Waals surface area contributed by atoms with Crippen LogP contribution in [0.4, 0.5) is 0 Å². The second kappa shape index (κ2) is 14.1. The number of methoxy groups -OCH3 is 7. The number of carbonyl (C=O) groups is 1. The van der Waals surface area contributed by atoms with E-state index >= 15 is 4.79 Å². The number of aliphatic hydroxyl groups is 1. The zero-order valence-corrected chi connectivity index (χ0v) is 29.1. The molecule has 0 radical (unpaired) electrons. The van der Waals surface area contributed by atoms with Crippen molar-refractivity contribution in [2.75, 3.05) is 49.8 Å². The minimum Gasteiger partial charge on any atom is -0.497 e. The van der Waals surface area contributed by atoms with Gasteiger partial charge in [0.25, 0.3) is 0 Å². The predicted octanol–water partition coefficient (Wildman–Crippen LogP) is 6.31. The lowest BCUT2D eigenvalue weighted by Crippen LogP contribution is -2.33. The summed E-state index contributed by atoms with van der Waals surface area (Å²) in [7, 11) is 10.8. The molecule has 2 aliphatic rings. The SMILES string of the molecule is C=C1Cc2c(OC)cc(OC)c([C@@H]3C(=O)[C@@H](c4ccc(OC)c(OC)c4)Oc4cc(OC)cc(CO)c43)c2O[C@@H]1c1ccc(OC)c(OC)c1. The molecular weight excluding hydrogens is 644 g/mol. The van der Waals surface area contributed by atoms with E-state index in [1.807, 2.05) is 12.1 Å². The van der Waals surface area contributed by atoms with Crippen molar-refractivity contribution >= 4 is 5.78 Å². The van der Waals surface area contributed by atoms with Crippen LogP contribution >= 0.6 is 0 Å². The van der Waals surface area contributed by atoms with Gasteiger partial charge in [0.15, 0.2) is 34.9 Å². The van der Waals surface area contributed by atoms with E-state index in [0.717, 1.165) is 11.1 Å². The summed E-state index contributed by atoms with van der Waals surface area (Å²) in [4.78, 5) is 15.0. The molecule has 11 heteroatoms. The molecule has 1 N–H and O–H groups in total. The van der Waals surface area contributed by atoms with Crippen molar-refractivity contribution in [3.63, 3.8) is 0 Å². The Kier molecular flexibility index (Phi) is 9.70. The Balaban J connectivity index is 1.60. The molecule has 0 fully saturated rings. The first kappa shape index (κ1) is 34.3. The lowest BCUT2D eigenvalue weighted by molar-refractivity contribution is -0.128. The van der Waals surface area contributed by atoms with Crippen LogP contribution in [0.25, 0.3) is 0 Å². The quantitative estimate of drug-likeness (QED) is 0.179. The molecular formula is C39H40O11. The van der Waals surface area contributed by atoms with Crippen LogP contribution in [0.15, 0.2) is 66.7 Å². The number of benzene rings is 4. The predicted molar refractivity (Wildman–Crippen MR) is 184 cm³/mol. The zero-order valence-electron chi connectivity index (χ0n) is 29.1. The molecule has 2 aliphatic heterocycles. The number of fused-ring (bicyclic) bond motifs is 2. The van der Waals surface area contributed by atoms with Gasteiger partial charge >= 0.3 is 0 Å². The van der Waals surface area contributed by atoms with Gasteiger partial charge in [-0.1, -0.05) is 18.7 Å². The molecule has 0 amide bonds.